The molecule has 1 unspecified atom stereocenters. The Hall–Kier alpha value is -1.06. The summed E-state index contributed by atoms with van der Waals surface area (Å²) in [7, 11) is -3.95. The maximum Gasteiger partial charge on any atom is 0.265 e. The van der Waals surface area contributed by atoms with Crippen LogP contribution in [0.2, 0.25) is 0 Å². The third-order valence-corrected chi connectivity index (χ3v) is 3.33. The summed E-state index contributed by atoms with van der Waals surface area (Å²) in [4.78, 5) is 3.62. The minimum Gasteiger partial charge on any atom is -0.386 e. The normalized spacial score (nSPS) is 14.2. The molecule has 1 aromatic heterocycles. The molecule has 1 rings (SSSR count). The van der Waals surface area contributed by atoms with Crippen molar-refractivity contribution >= 4 is 10.0 Å². The zero-order valence-corrected chi connectivity index (χ0v) is 9.86. The minimum absolute atomic E-state index is 0.263. The van der Waals surface area contributed by atoms with E-state index in [1.54, 1.807) is 6.92 Å². The summed E-state index contributed by atoms with van der Waals surface area (Å²) in [5.74, 6) is 0. The van der Waals surface area contributed by atoms with Crippen LogP contribution in [0.1, 0.15) is 6.92 Å². The van der Waals surface area contributed by atoms with Crippen LogP contribution in [0.15, 0.2) is 17.6 Å². The monoisotopic (exact) mass is 269 g/mol. The van der Waals surface area contributed by atoms with Gasteiger partial charge in [-0.15, -0.1) is 0 Å². The van der Waals surface area contributed by atoms with Crippen molar-refractivity contribution in [3.63, 3.8) is 0 Å². The molecule has 0 saturated heterocycles. The summed E-state index contributed by atoms with van der Waals surface area (Å²) in [6, 6.07) is 0. The zero-order valence-electron chi connectivity index (χ0n) is 9.05. The highest BCUT2D eigenvalue weighted by atomic mass is 32.2. The average Bonchev–Trinajstić information content (AvgIpc) is 2.75. The second-order valence-corrected chi connectivity index (χ2v) is 5.01. The van der Waals surface area contributed by atoms with Gasteiger partial charge in [0.25, 0.3) is 16.4 Å². The number of aliphatic hydroxyl groups excluding tert-OH is 1. The van der Waals surface area contributed by atoms with Crippen molar-refractivity contribution in [2.75, 3.05) is 6.54 Å². The van der Waals surface area contributed by atoms with Gasteiger partial charge in [0.2, 0.25) is 0 Å². The van der Waals surface area contributed by atoms with Gasteiger partial charge >= 0.3 is 0 Å². The van der Waals surface area contributed by atoms with Crippen LogP contribution in [0.4, 0.5) is 8.78 Å². The molecule has 0 aliphatic carbocycles. The number of nitrogens with zero attached hydrogens (tertiary/aromatic N) is 2. The van der Waals surface area contributed by atoms with Gasteiger partial charge in [0.15, 0.2) is 5.03 Å². The fourth-order valence-electron chi connectivity index (χ4n) is 1.01. The van der Waals surface area contributed by atoms with Crippen molar-refractivity contribution in [1.29, 1.82) is 0 Å². The van der Waals surface area contributed by atoms with Gasteiger partial charge in [-0.1, -0.05) is 0 Å². The van der Waals surface area contributed by atoms with E-state index in [0.717, 1.165) is 0 Å². The number of sulfonamides is 1. The van der Waals surface area contributed by atoms with Crippen molar-refractivity contribution in [2.45, 2.75) is 31.0 Å². The first-order chi connectivity index (χ1) is 7.86. The number of alkyl halides is 2. The van der Waals surface area contributed by atoms with Crippen LogP contribution in [-0.2, 0) is 16.6 Å². The molecule has 0 spiro atoms. The van der Waals surface area contributed by atoms with Gasteiger partial charge in [0.05, 0.1) is 6.33 Å². The van der Waals surface area contributed by atoms with Gasteiger partial charge < -0.3 is 9.67 Å². The van der Waals surface area contributed by atoms with Crippen molar-refractivity contribution in [3.8, 4) is 0 Å². The number of hydrogen-bond acceptors (Lipinski definition) is 4. The molecule has 0 amide bonds. The smallest absolute Gasteiger partial charge is 0.265 e. The van der Waals surface area contributed by atoms with Gasteiger partial charge in [0, 0.05) is 19.3 Å². The fraction of sp³-hybridized carbons (Fsp3) is 0.625. The lowest BCUT2D eigenvalue weighted by Gasteiger charge is -2.09. The summed E-state index contributed by atoms with van der Waals surface area (Å²) < 4.78 is 50.4. The third-order valence-electron chi connectivity index (χ3n) is 2.02. The van der Waals surface area contributed by atoms with Crippen LogP contribution in [0.25, 0.3) is 0 Å². The van der Waals surface area contributed by atoms with Crippen molar-refractivity contribution < 1.29 is 22.3 Å². The summed E-state index contributed by atoms with van der Waals surface area (Å²) in [5, 5.41) is 8.52. The van der Waals surface area contributed by atoms with E-state index in [9.17, 15) is 17.2 Å². The van der Waals surface area contributed by atoms with Crippen LogP contribution in [0.3, 0.4) is 0 Å². The van der Waals surface area contributed by atoms with Crippen LogP contribution in [-0.4, -0.2) is 42.1 Å². The van der Waals surface area contributed by atoms with E-state index in [4.69, 9.17) is 5.11 Å². The second-order valence-electron chi connectivity index (χ2n) is 3.30. The standard InChI is InChI=1S/C8H13F2N3O3S/c1-2-13-4-7(11-5-13)17(15,16)12-3-6(14)8(9)10/h4-6,8,12,14H,2-3H2,1H3. The first-order valence-electron chi connectivity index (χ1n) is 4.84. The lowest BCUT2D eigenvalue weighted by Crippen LogP contribution is -2.35. The van der Waals surface area contributed by atoms with Crippen LogP contribution in [0.5, 0.6) is 0 Å². The number of hydrogen-bond donors (Lipinski definition) is 2. The Labute approximate surface area is 97.3 Å². The van der Waals surface area contributed by atoms with E-state index in [1.807, 2.05) is 4.72 Å². The molecule has 0 bridgehead atoms. The third kappa shape index (κ3) is 3.72. The van der Waals surface area contributed by atoms with E-state index < -0.39 is 29.1 Å². The molecular formula is C8H13F2N3O3S. The largest absolute Gasteiger partial charge is 0.386 e. The SMILES string of the molecule is CCn1cnc(S(=O)(=O)NCC(O)C(F)F)c1. The lowest BCUT2D eigenvalue weighted by molar-refractivity contribution is -0.000458. The van der Waals surface area contributed by atoms with Gasteiger partial charge in [-0.2, -0.15) is 0 Å². The maximum absolute atomic E-state index is 12.0. The first kappa shape index (κ1) is 14.0. The Morgan fingerprint density at radius 1 is 1.59 bits per heavy atom. The van der Waals surface area contributed by atoms with Crippen molar-refractivity contribution in [2.24, 2.45) is 0 Å². The Kier molecular flexibility index (Phi) is 4.54. The van der Waals surface area contributed by atoms with E-state index >= 15 is 0 Å². The number of aryl methyl sites for hydroxylation is 1. The second kappa shape index (κ2) is 5.52. The molecule has 1 atom stereocenters. The average molecular weight is 269 g/mol. The predicted molar refractivity (Wildman–Crippen MR) is 55.1 cm³/mol. The molecule has 2 N–H and O–H groups in total. The molecule has 98 valence electrons. The summed E-state index contributed by atoms with van der Waals surface area (Å²) in [5.41, 5.74) is 0. The van der Waals surface area contributed by atoms with Crippen molar-refractivity contribution in [1.82, 2.24) is 14.3 Å². The Bertz CT molecular complexity index is 460. The molecule has 1 aromatic rings. The molecule has 0 aliphatic rings. The lowest BCUT2D eigenvalue weighted by atomic mass is 10.4. The van der Waals surface area contributed by atoms with Crippen LogP contribution < -0.4 is 4.72 Å². The van der Waals surface area contributed by atoms with E-state index in [2.05, 4.69) is 4.98 Å². The number of aliphatic hydroxyl groups is 1. The minimum atomic E-state index is -3.95. The molecule has 1 heterocycles. The number of imidazole rings is 1. The fourth-order valence-corrected chi connectivity index (χ4v) is 2.01. The van der Waals surface area contributed by atoms with Gasteiger partial charge in [-0.3, -0.25) is 0 Å². The molecule has 0 aromatic carbocycles. The highest BCUT2D eigenvalue weighted by Gasteiger charge is 2.22. The van der Waals surface area contributed by atoms with Gasteiger partial charge in [-0.05, 0) is 6.92 Å². The molecule has 9 heteroatoms. The zero-order chi connectivity index (χ0) is 13.1. The molecule has 6 nitrogen and oxygen atoms in total. The molecule has 0 aliphatic heterocycles. The highest BCUT2D eigenvalue weighted by Crippen LogP contribution is 2.06. The quantitative estimate of drug-likeness (QED) is 0.749. The summed E-state index contributed by atoms with van der Waals surface area (Å²) in [6.45, 7) is 1.59. The Morgan fingerprint density at radius 3 is 2.71 bits per heavy atom. The number of rotatable bonds is 6. The number of nitrogens with one attached hydrogen (secondary N) is 1. The van der Waals surface area contributed by atoms with E-state index in [1.165, 1.54) is 17.1 Å². The summed E-state index contributed by atoms with van der Waals surface area (Å²) >= 11 is 0. The Balaban J connectivity index is 2.69. The predicted octanol–water partition coefficient (Wildman–Crippen LogP) is -0.193. The van der Waals surface area contributed by atoms with E-state index in [0.29, 0.717) is 6.54 Å². The topological polar surface area (TPSA) is 84.2 Å². The van der Waals surface area contributed by atoms with E-state index in [-0.39, 0.29) is 5.03 Å². The van der Waals surface area contributed by atoms with Gasteiger partial charge in [-0.25, -0.2) is 26.9 Å². The molecule has 0 radical (unpaired) electrons. The van der Waals surface area contributed by atoms with Gasteiger partial charge in [0.1, 0.15) is 6.10 Å². The molecule has 0 fully saturated rings. The Morgan fingerprint density at radius 2 is 2.24 bits per heavy atom. The molecular weight excluding hydrogens is 256 g/mol. The maximum atomic E-state index is 12.0. The molecule has 0 saturated carbocycles. The first-order valence-corrected chi connectivity index (χ1v) is 6.32. The number of halogens is 2. The summed E-state index contributed by atoms with van der Waals surface area (Å²) in [6.07, 6.45) is -2.43. The molecule has 17 heavy (non-hydrogen) atoms. The highest BCUT2D eigenvalue weighted by molar-refractivity contribution is 7.89. The van der Waals surface area contributed by atoms with Crippen molar-refractivity contribution in [3.05, 3.63) is 12.5 Å². The van der Waals surface area contributed by atoms with Crippen LogP contribution >= 0.6 is 0 Å². The van der Waals surface area contributed by atoms with Crippen LogP contribution in [0, 0.1) is 0 Å². The number of aromatic nitrogens is 2.